The lowest BCUT2D eigenvalue weighted by Gasteiger charge is -2.27. The summed E-state index contributed by atoms with van der Waals surface area (Å²) in [6.45, 7) is 7.75. The number of benzene rings is 1. The van der Waals surface area contributed by atoms with Gasteiger partial charge in [-0.25, -0.2) is 23.7 Å². The highest BCUT2D eigenvalue weighted by Gasteiger charge is 2.41. The molecule has 10 nitrogen and oxygen atoms in total. The fourth-order valence-corrected chi connectivity index (χ4v) is 5.39. The van der Waals surface area contributed by atoms with E-state index < -0.39 is 5.82 Å². The Bertz CT molecular complexity index is 1420. The number of nitrogens with zero attached hydrogens (tertiary/aromatic N) is 7. The number of amides is 2. The monoisotopic (exact) mass is 539 g/mol. The number of urea groups is 1. The van der Waals surface area contributed by atoms with Gasteiger partial charge in [0.25, 0.3) is 0 Å². The zero-order valence-corrected chi connectivity index (χ0v) is 22.2. The van der Waals surface area contributed by atoms with Crippen LogP contribution >= 0.6 is 12.4 Å². The number of carbonyl (C=O) groups excluding carboxylic acids is 1. The Morgan fingerprint density at radius 1 is 1.16 bits per heavy atom. The van der Waals surface area contributed by atoms with E-state index in [4.69, 9.17) is 4.98 Å². The number of aromatic amines is 1. The van der Waals surface area contributed by atoms with Crippen LogP contribution in [0.4, 0.5) is 15.0 Å². The largest absolute Gasteiger partial charge is 0.326 e. The van der Waals surface area contributed by atoms with Gasteiger partial charge in [0.2, 0.25) is 0 Å². The molecule has 2 aliphatic heterocycles. The van der Waals surface area contributed by atoms with Crippen LogP contribution in [0.2, 0.25) is 0 Å². The summed E-state index contributed by atoms with van der Waals surface area (Å²) in [5.41, 5.74) is 2.23. The van der Waals surface area contributed by atoms with Crippen molar-refractivity contribution in [1.29, 1.82) is 0 Å². The predicted molar refractivity (Wildman–Crippen MR) is 145 cm³/mol. The Morgan fingerprint density at radius 3 is 2.68 bits per heavy atom. The molecule has 3 aromatic heterocycles. The van der Waals surface area contributed by atoms with Crippen LogP contribution in [0.25, 0.3) is 28.2 Å². The number of hydrogen-bond acceptors (Lipinski definition) is 6. The van der Waals surface area contributed by atoms with E-state index in [0.29, 0.717) is 46.4 Å². The third-order valence-corrected chi connectivity index (χ3v) is 7.47. The first-order valence-corrected chi connectivity index (χ1v) is 12.8. The van der Waals surface area contributed by atoms with Crippen LogP contribution in [0, 0.1) is 17.7 Å². The third-order valence-electron chi connectivity index (χ3n) is 7.47. The lowest BCUT2D eigenvalue weighted by atomic mass is 9.97. The average molecular weight is 540 g/mol. The van der Waals surface area contributed by atoms with E-state index in [0.717, 1.165) is 32.5 Å². The summed E-state index contributed by atoms with van der Waals surface area (Å²) >= 11 is 0. The zero-order chi connectivity index (χ0) is 25.5. The first-order valence-electron chi connectivity index (χ1n) is 12.8. The summed E-state index contributed by atoms with van der Waals surface area (Å²) in [4.78, 5) is 26.4. The van der Waals surface area contributed by atoms with Gasteiger partial charge in [0, 0.05) is 24.8 Å². The second-order valence-electron chi connectivity index (χ2n) is 10.2. The van der Waals surface area contributed by atoms with Gasteiger partial charge in [-0.15, -0.1) is 12.4 Å². The lowest BCUT2D eigenvalue weighted by Crippen LogP contribution is -2.40. The van der Waals surface area contributed by atoms with E-state index >= 15 is 0 Å². The van der Waals surface area contributed by atoms with Gasteiger partial charge in [0.05, 0.1) is 17.8 Å². The molecule has 6 rings (SSSR count). The van der Waals surface area contributed by atoms with Crippen molar-refractivity contribution in [1.82, 2.24) is 40.0 Å². The van der Waals surface area contributed by atoms with Crippen molar-refractivity contribution in [3.8, 4) is 22.5 Å². The minimum atomic E-state index is -0.423. The van der Waals surface area contributed by atoms with Gasteiger partial charge >= 0.3 is 6.03 Å². The molecule has 2 N–H and O–H groups in total. The van der Waals surface area contributed by atoms with E-state index in [1.807, 2.05) is 21.9 Å². The van der Waals surface area contributed by atoms with Gasteiger partial charge in [-0.1, -0.05) is 19.9 Å². The maximum absolute atomic E-state index is 15.0. The fourth-order valence-electron chi connectivity index (χ4n) is 5.39. The number of halogens is 2. The molecule has 1 atom stereocenters. The number of fused-ring (bicyclic) bond motifs is 1. The molecule has 2 saturated heterocycles. The Morgan fingerprint density at radius 2 is 1.97 bits per heavy atom. The molecule has 0 bridgehead atoms. The van der Waals surface area contributed by atoms with Crippen molar-refractivity contribution in [2.24, 2.45) is 11.8 Å². The van der Waals surface area contributed by atoms with E-state index in [9.17, 15) is 9.18 Å². The fraction of sp³-hybridized carbons (Fsp3) is 0.423. The Kier molecular flexibility index (Phi) is 7.31. The summed E-state index contributed by atoms with van der Waals surface area (Å²) in [7, 11) is 0. The van der Waals surface area contributed by atoms with Crippen LogP contribution in [0.1, 0.15) is 26.7 Å². The molecular weight excluding hydrogens is 509 g/mol. The van der Waals surface area contributed by atoms with E-state index in [1.54, 1.807) is 23.0 Å². The molecule has 2 amide bonds. The van der Waals surface area contributed by atoms with Crippen LogP contribution < -0.4 is 10.2 Å². The quantitative estimate of drug-likeness (QED) is 0.383. The Labute approximate surface area is 226 Å². The van der Waals surface area contributed by atoms with Crippen LogP contribution in [0.15, 0.2) is 43.0 Å². The second kappa shape index (κ2) is 10.7. The van der Waals surface area contributed by atoms with Crippen LogP contribution in [-0.2, 0) is 0 Å². The molecule has 12 heteroatoms. The van der Waals surface area contributed by atoms with Crippen molar-refractivity contribution in [2.45, 2.75) is 32.7 Å². The number of hydrogen-bond donors (Lipinski definition) is 2. The highest BCUT2D eigenvalue weighted by atomic mass is 35.5. The predicted octanol–water partition coefficient (Wildman–Crippen LogP) is 4.01. The molecule has 4 aromatic rings. The van der Waals surface area contributed by atoms with Gasteiger partial charge in [-0.2, -0.15) is 10.2 Å². The van der Waals surface area contributed by atoms with E-state index in [-0.39, 0.29) is 30.4 Å². The minimum absolute atomic E-state index is 0. The van der Waals surface area contributed by atoms with Gasteiger partial charge in [0.15, 0.2) is 11.5 Å². The molecule has 1 unspecified atom stereocenters. The topological polar surface area (TPSA) is 107 Å². The molecule has 1 aromatic carbocycles. The molecule has 38 heavy (non-hydrogen) atoms. The lowest BCUT2D eigenvalue weighted by molar-refractivity contribution is 0.202. The smallest absolute Gasteiger partial charge is 0.322 e. The molecule has 2 fully saturated rings. The standard InChI is InChI=1S/C26H30FN9O.ClH/c1-16(2)22-14-34(13-17-5-8-28-9-6-17)26(37)36(22)23-7-10-35-25(32-23)20(12-31-35)18-3-4-19(21(27)11-18)24-29-15-30-33-24;/h3-4,7,10-12,15-17,22,28H,5-6,8-9,13-14H2,1-2H3,(H,29,30,33);1H. The van der Waals surface area contributed by atoms with Crippen molar-refractivity contribution >= 4 is 29.9 Å². The molecular formula is C26H31ClFN9O. The molecule has 2 aliphatic rings. The van der Waals surface area contributed by atoms with Gasteiger partial charge < -0.3 is 10.2 Å². The molecule has 200 valence electrons. The molecule has 0 saturated carbocycles. The SMILES string of the molecule is CC(C)C1CN(CC2CCNCC2)C(=O)N1c1ccn2ncc(-c3ccc(-c4ncn[nH]4)c(F)c3)c2n1.Cl. The first-order chi connectivity index (χ1) is 18.0. The van der Waals surface area contributed by atoms with E-state index in [2.05, 4.69) is 39.4 Å². The van der Waals surface area contributed by atoms with Gasteiger partial charge in [-0.05, 0) is 61.5 Å². The highest BCUT2D eigenvalue weighted by Crippen LogP contribution is 2.32. The summed E-state index contributed by atoms with van der Waals surface area (Å²) in [6, 6.07) is 6.77. The Balaban J connectivity index is 0.00000294. The number of rotatable bonds is 6. The van der Waals surface area contributed by atoms with Gasteiger partial charge in [-0.3, -0.25) is 10.00 Å². The normalized spacial score (nSPS) is 18.5. The summed E-state index contributed by atoms with van der Waals surface area (Å²) in [5.74, 6) is 1.31. The zero-order valence-electron chi connectivity index (χ0n) is 21.3. The van der Waals surface area contributed by atoms with Crippen LogP contribution in [0.3, 0.4) is 0 Å². The van der Waals surface area contributed by atoms with Crippen LogP contribution in [0.5, 0.6) is 0 Å². The summed E-state index contributed by atoms with van der Waals surface area (Å²) in [6.07, 6.45) is 7.00. The highest BCUT2D eigenvalue weighted by molar-refractivity contribution is 5.94. The number of carbonyl (C=O) groups is 1. The molecule has 0 aliphatic carbocycles. The summed E-state index contributed by atoms with van der Waals surface area (Å²) in [5, 5.41) is 14.3. The number of aromatic nitrogens is 6. The number of H-pyrrole nitrogens is 1. The van der Waals surface area contributed by atoms with Crippen molar-refractivity contribution in [2.75, 3.05) is 31.1 Å². The molecule has 0 spiro atoms. The van der Waals surface area contributed by atoms with E-state index in [1.165, 1.54) is 12.4 Å². The van der Waals surface area contributed by atoms with Crippen molar-refractivity contribution < 1.29 is 9.18 Å². The number of piperidine rings is 1. The van der Waals surface area contributed by atoms with Crippen molar-refractivity contribution in [3.05, 3.63) is 48.8 Å². The first kappa shape index (κ1) is 26.1. The second-order valence-corrected chi connectivity index (χ2v) is 10.2. The van der Waals surface area contributed by atoms with Crippen LogP contribution in [-0.4, -0.2) is 72.9 Å². The van der Waals surface area contributed by atoms with Crippen molar-refractivity contribution in [3.63, 3.8) is 0 Å². The summed E-state index contributed by atoms with van der Waals surface area (Å²) < 4.78 is 16.6. The Hall–Kier alpha value is -3.57. The maximum atomic E-state index is 15.0. The number of nitrogens with one attached hydrogen (secondary N) is 2. The number of anilines is 1. The maximum Gasteiger partial charge on any atom is 0.326 e. The minimum Gasteiger partial charge on any atom is -0.322 e. The molecule has 5 heterocycles. The van der Waals surface area contributed by atoms with Gasteiger partial charge in [0.1, 0.15) is 18.0 Å². The molecule has 0 radical (unpaired) electrons. The average Bonchev–Trinajstić information content (AvgIpc) is 3.64. The third kappa shape index (κ3) is 4.71.